The summed E-state index contributed by atoms with van der Waals surface area (Å²) in [6, 6.07) is 2.96. The molecule has 0 aliphatic carbocycles. The van der Waals surface area contributed by atoms with E-state index in [4.69, 9.17) is 9.84 Å². The molecule has 0 saturated heterocycles. The monoisotopic (exact) mass is 419 g/mol. The van der Waals surface area contributed by atoms with Crippen molar-refractivity contribution in [3.05, 3.63) is 41.0 Å². The summed E-state index contributed by atoms with van der Waals surface area (Å²) in [5.41, 5.74) is 1.04. The molecule has 0 bridgehead atoms. The molecule has 30 heavy (non-hydrogen) atoms. The quantitative estimate of drug-likeness (QED) is 0.467. The van der Waals surface area contributed by atoms with Gasteiger partial charge in [0.2, 0.25) is 0 Å². The number of esters is 1. The summed E-state index contributed by atoms with van der Waals surface area (Å²) in [4.78, 5) is 25.1. The van der Waals surface area contributed by atoms with Crippen LogP contribution in [0.15, 0.2) is 29.9 Å². The third-order valence-corrected chi connectivity index (χ3v) is 5.04. The molecule has 8 nitrogen and oxygen atoms in total. The molecule has 0 fully saturated rings. The van der Waals surface area contributed by atoms with Crippen LogP contribution in [-0.2, 0) is 9.53 Å². The van der Waals surface area contributed by atoms with Crippen molar-refractivity contribution in [2.45, 2.75) is 45.5 Å². The Labute approximate surface area is 175 Å². The van der Waals surface area contributed by atoms with E-state index < -0.39 is 30.1 Å². The Morgan fingerprint density at radius 2 is 1.90 bits per heavy atom. The van der Waals surface area contributed by atoms with E-state index in [1.807, 2.05) is 0 Å². The smallest absolute Gasteiger partial charge is 0.342 e. The highest BCUT2D eigenvalue weighted by Gasteiger charge is 2.27. The maximum atomic E-state index is 12.8. The Kier molecular flexibility index (Phi) is 8.16. The Balaban J connectivity index is 2.51. The molecule has 5 N–H and O–H groups in total. The normalized spacial score (nSPS) is 28.5. The highest BCUT2D eigenvalue weighted by atomic mass is 16.5. The van der Waals surface area contributed by atoms with Gasteiger partial charge >= 0.3 is 5.97 Å². The number of aromatic hydroxyl groups is 1. The number of hydrogen-bond acceptors (Lipinski definition) is 8. The van der Waals surface area contributed by atoms with E-state index in [0.717, 1.165) is 0 Å². The summed E-state index contributed by atoms with van der Waals surface area (Å²) in [6.07, 6.45) is 1.02. The first-order chi connectivity index (χ1) is 14.1. The molecule has 0 saturated carbocycles. The minimum Gasteiger partial charge on any atom is -0.507 e. The highest BCUT2D eigenvalue weighted by Crippen LogP contribution is 2.30. The summed E-state index contributed by atoms with van der Waals surface area (Å²) in [5.74, 6) is -1.96. The van der Waals surface area contributed by atoms with Gasteiger partial charge in [-0.3, -0.25) is 4.79 Å². The molecule has 0 aromatic heterocycles. The van der Waals surface area contributed by atoms with Crippen LogP contribution in [0.5, 0.6) is 5.75 Å². The number of cyclic esters (lactones) is 1. The lowest BCUT2D eigenvalue weighted by Gasteiger charge is -2.21. The molecule has 8 heteroatoms. The van der Waals surface area contributed by atoms with Crippen LogP contribution in [0, 0.1) is 5.92 Å². The van der Waals surface area contributed by atoms with Crippen LogP contribution in [-0.4, -0.2) is 63.6 Å². The first-order valence-electron chi connectivity index (χ1n) is 9.83. The van der Waals surface area contributed by atoms with Crippen molar-refractivity contribution in [2.24, 2.45) is 5.92 Å². The first kappa shape index (κ1) is 23.6. The van der Waals surface area contributed by atoms with Crippen molar-refractivity contribution in [3.63, 3.8) is 0 Å². The zero-order valence-electron chi connectivity index (χ0n) is 17.3. The molecule has 0 unspecified atom stereocenters. The van der Waals surface area contributed by atoms with Crippen LogP contribution < -0.4 is 5.32 Å². The largest absolute Gasteiger partial charge is 0.507 e. The second-order valence-corrected chi connectivity index (χ2v) is 7.44. The molecule has 0 radical (unpaired) electrons. The minimum atomic E-state index is -1.58. The van der Waals surface area contributed by atoms with Gasteiger partial charge < -0.3 is 30.5 Å². The number of phenols is 1. The number of carbonyl (C=O) groups is 2. The number of benzene rings is 1. The SMILES string of the molecule is C/C1=C/[C@@H](C)[C@H](C)OC(=O)c2c(O)cc(NCCO)cc2/C=C/C[C@H](O)[C@H](O)C1=O. The molecule has 0 spiro atoms. The van der Waals surface area contributed by atoms with Gasteiger partial charge in [0.05, 0.1) is 12.7 Å². The van der Waals surface area contributed by atoms with Gasteiger partial charge in [0.25, 0.3) is 0 Å². The number of phenolic OH excluding ortho intramolecular Hbond substituents is 1. The third kappa shape index (κ3) is 5.69. The van der Waals surface area contributed by atoms with Crippen molar-refractivity contribution in [1.82, 2.24) is 0 Å². The second-order valence-electron chi connectivity index (χ2n) is 7.44. The standard InChI is InChI=1S/C22H29NO7/c1-12-9-13(2)20(27)21(28)17(25)6-4-5-15-10-16(23-7-8-24)11-18(26)19(15)22(29)30-14(12)3/h4-5,9-12,14,17,21,23-26,28H,6-8H2,1-3H3/b5-4+,13-9-/t12-,14+,17+,21+/m1/s1. The van der Waals surface area contributed by atoms with Gasteiger partial charge in [-0.05, 0) is 37.5 Å². The lowest BCUT2D eigenvalue weighted by molar-refractivity contribution is -0.128. The average molecular weight is 419 g/mol. The van der Waals surface area contributed by atoms with Crippen molar-refractivity contribution in [2.75, 3.05) is 18.5 Å². The lowest BCUT2D eigenvalue weighted by atomic mass is 9.95. The molecule has 1 heterocycles. The van der Waals surface area contributed by atoms with Crippen molar-refractivity contribution in [3.8, 4) is 5.75 Å². The Morgan fingerprint density at radius 1 is 1.20 bits per heavy atom. The fourth-order valence-corrected chi connectivity index (χ4v) is 3.12. The number of anilines is 1. The number of fused-ring (bicyclic) bond motifs is 1. The lowest BCUT2D eigenvalue weighted by Crippen LogP contribution is -2.34. The molecular formula is C22H29NO7. The van der Waals surface area contributed by atoms with E-state index in [0.29, 0.717) is 11.3 Å². The van der Waals surface area contributed by atoms with Crippen LogP contribution in [0.4, 0.5) is 5.69 Å². The maximum absolute atomic E-state index is 12.8. The van der Waals surface area contributed by atoms with Gasteiger partial charge in [-0.1, -0.05) is 25.2 Å². The molecule has 2 rings (SSSR count). The zero-order chi connectivity index (χ0) is 22.4. The fraction of sp³-hybridized carbons (Fsp3) is 0.455. The molecule has 0 amide bonds. The predicted octanol–water partition coefficient (Wildman–Crippen LogP) is 1.63. The van der Waals surface area contributed by atoms with Crippen LogP contribution in [0.2, 0.25) is 0 Å². The number of aliphatic hydroxyl groups excluding tert-OH is 3. The van der Waals surface area contributed by atoms with Crippen molar-refractivity contribution >= 4 is 23.5 Å². The number of carbonyl (C=O) groups excluding carboxylic acids is 2. The van der Waals surface area contributed by atoms with Crippen LogP contribution in [0.25, 0.3) is 6.08 Å². The van der Waals surface area contributed by atoms with E-state index in [9.17, 15) is 24.9 Å². The van der Waals surface area contributed by atoms with Crippen molar-refractivity contribution < 1.29 is 34.8 Å². The molecular weight excluding hydrogens is 390 g/mol. The predicted molar refractivity (Wildman–Crippen MR) is 112 cm³/mol. The average Bonchev–Trinajstić information content (AvgIpc) is 2.69. The van der Waals surface area contributed by atoms with E-state index >= 15 is 0 Å². The van der Waals surface area contributed by atoms with Crippen molar-refractivity contribution in [1.29, 1.82) is 0 Å². The highest BCUT2D eigenvalue weighted by molar-refractivity contribution is 5.99. The van der Waals surface area contributed by atoms with Gasteiger partial charge in [0.15, 0.2) is 5.78 Å². The Bertz CT molecular complexity index is 846. The molecule has 164 valence electrons. The number of Topliss-reactive ketones (excluding diaryl/α,β-unsaturated/α-hetero) is 1. The molecule has 1 aromatic rings. The van der Waals surface area contributed by atoms with Gasteiger partial charge in [-0.15, -0.1) is 0 Å². The number of rotatable bonds is 3. The van der Waals surface area contributed by atoms with Crippen LogP contribution in [0.1, 0.15) is 43.1 Å². The summed E-state index contributed by atoms with van der Waals surface area (Å²) in [7, 11) is 0. The van der Waals surface area contributed by atoms with Crippen LogP contribution in [0.3, 0.4) is 0 Å². The third-order valence-electron chi connectivity index (χ3n) is 5.04. The fourth-order valence-electron chi connectivity index (χ4n) is 3.12. The summed E-state index contributed by atoms with van der Waals surface area (Å²) < 4.78 is 5.51. The summed E-state index contributed by atoms with van der Waals surface area (Å²) in [6.45, 7) is 5.09. The Hall–Kier alpha value is -2.68. The van der Waals surface area contributed by atoms with Gasteiger partial charge in [-0.25, -0.2) is 4.79 Å². The minimum absolute atomic E-state index is 0.0382. The zero-order valence-corrected chi connectivity index (χ0v) is 17.3. The summed E-state index contributed by atoms with van der Waals surface area (Å²) >= 11 is 0. The first-order valence-corrected chi connectivity index (χ1v) is 9.83. The van der Waals surface area contributed by atoms with E-state index in [1.165, 1.54) is 25.1 Å². The second kappa shape index (κ2) is 10.4. The molecule has 1 aromatic carbocycles. The molecule has 1 aliphatic rings. The van der Waals surface area contributed by atoms with Gasteiger partial charge in [0.1, 0.15) is 23.5 Å². The van der Waals surface area contributed by atoms with E-state index in [2.05, 4.69) is 5.32 Å². The van der Waals surface area contributed by atoms with E-state index in [-0.39, 0.29) is 42.4 Å². The number of ether oxygens (including phenoxy) is 1. The number of aliphatic hydroxyl groups is 3. The van der Waals surface area contributed by atoms with Gasteiger partial charge in [0, 0.05) is 24.2 Å². The Morgan fingerprint density at radius 3 is 2.57 bits per heavy atom. The van der Waals surface area contributed by atoms with E-state index in [1.54, 1.807) is 26.0 Å². The maximum Gasteiger partial charge on any atom is 0.342 e. The van der Waals surface area contributed by atoms with Crippen LogP contribution >= 0.6 is 0 Å². The summed E-state index contributed by atoms with van der Waals surface area (Å²) in [5, 5.41) is 42.7. The molecule has 1 aliphatic heterocycles. The molecule has 4 atom stereocenters. The number of hydrogen-bond donors (Lipinski definition) is 5. The number of ketones is 1. The van der Waals surface area contributed by atoms with Gasteiger partial charge in [-0.2, -0.15) is 0 Å². The topological polar surface area (TPSA) is 136 Å². The number of nitrogens with one attached hydrogen (secondary N) is 1.